The van der Waals surface area contributed by atoms with Crippen molar-refractivity contribution in [2.75, 3.05) is 39.3 Å². The molecule has 0 amide bonds. The van der Waals surface area contributed by atoms with Crippen LogP contribution in [0.1, 0.15) is 22.7 Å². The number of aliphatic hydroxyl groups excluding tert-OH is 1. The normalized spacial score (nSPS) is 18.4. The van der Waals surface area contributed by atoms with Crippen molar-refractivity contribution in [2.24, 2.45) is 0 Å². The molecule has 0 aromatic heterocycles. The largest absolute Gasteiger partial charge is 0.478 e. The van der Waals surface area contributed by atoms with E-state index in [0.29, 0.717) is 18.2 Å². The summed E-state index contributed by atoms with van der Waals surface area (Å²) in [5, 5.41) is 24.8. The molecule has 0 aliphatic carbocycles. The number of aliphatic carboxylic acids is 2. The Morgan fingerprint density at radius 1 is 1.03 bits per heavy atom. The van der Waals surface area contributed by atoms with Crippen LogP contribution in [0.15, 0.2) is 58.3 Å². The first kappa shape index (κ1) is 25.9. The lowest BCUT2D eigenvalue weighted by molar-refractivity contribution is -0.134. The molecule has 9 heteroatoms. The number of nitrogens with zero attached hydrogens (tertiary/aromatic N) is 2. The number of carbonyl (C=O) groups is 2. The lowest BCUT2D eigenvalue weighted by Crippen LogP contribution is -2.48. The van der Waals surface area contributed by atoms with Crippen molar-refractivity contribution in [3.63, 3.8) is 0 Å². The molecule has 0 spiro atoms. The van der Waals surface area contributed by atoms with Crippen LogP contribution >= 0.6 is 11.8 Å². The van der Waals surface area contributed by atoms with Crippen LogP contribution in [0.4, 0.5) is 4.39 Å². The summed E-state index contributed by atoms with van der Waals surface area (Å²) >= 11 is 1.69. The van der Waals surface area contributed by atoms with E-state index in [1.165, 1.54) is 21.6 Å². The molecule has 182 valence electrons. The molecule has 1 atom stereocenters. The van der Waals surface area contributed by atoms with E-state index in [9.17, 15) is 19.1 Å². The van der Waals surface area contributed by atoms with Crippen molar-refractivity contribution in [3.8, 4) is 0 Å². The Labute approximate surface area is 202 Å². The van der Waals surface area contributed by atoms with Crippen LogP contribution in [0.3, 0.4) is 0 Å². The molecule has 0 bridgehead atoms. The molecule has 0 radical (unpaired) electrons. The van der Waals surface area contributed by atoms with Crippen molar-refractivity contribution < 1.29 is 29.3 Å². The van der Waals surface area contributed by atoms with Gasteiger partial charge in [-0.25, -0.2) is 14.0 Å². The second kappa shape index (κ2) is 12.1. The van der Waals surface area contributed by atoms with E-state index >= 15 is 0 Å². The van der Waals surface area contributed by atoms with Gasteiger partial charge >= 0.3 is 11.9 Å². The summed E-state index contributed by atoms with van der Waals surface area (Å²) in [4.78, 5) is 26.3. The number of piperazine rings is 1. The third-order valence-electron chi connectivity index (χ3n) is 5.82. The molecular formula is C25H29FN2O5S. The fourth-order valence-electron chi connectivity index (χ4n) is 4.16. The maximum Gasteiger partial charge on any atom is 0.328 e. The summed E-state index contributed by atoms with van der Waals surface area (Å²) in [6.07, 6.45) is 2.03. The number of hydrogen-bond donors (Lipinski definition) is 3. The maximum absolute atomic E-state index is 13.8. The number of halogens is 1. The van der Waals surface area contributed by atoms with E-state index in [1.807, 2.05) is 6.07 Å². The molecule has 2 aliphatic rings. The number of aliphatic hydroxyl groups is 1. The lowest BCUT2D eigenvalue weighted by atomic mass is 9.95. The van der Waals surface area contributed by atoms with Gasteiger partial charge in [0.2, 0.25) is 0 Å². The molecule has 2 aliphatic heterocycles. The standard InChI is InChI=1S/C21H25FN2OS.C4H4O4/c1-15-2-5-20-18(12-15)19(24-8-6-23(7-9-24)10-11-25)13-16-3-4-17(22)14-21(16)26-20;5-3(6)1-2-4(7)8/h2-5,12,14,19,25H,6-11,13H2,1H3;1-2H,(H,5,6)(H,7,8). The first-order valence-corrected chi connectivity index (χ1v) is 11.9. The Morgan fingerprint density at radius 3 is 2.32 bits per heavy atom. The third kappa shape index (κ3) is 7.14. The minimum absolute atomic E-state index is 0.166. The molecule has 2 aromatic carbocycles. The van der Waals surface area contributed by atoms with E-state index < -0.39 is 11.9 Å². The maximum atomic E-state index is 13.8. The van der Waals surface area contributed by atoms with Gasteiger partial charge in [-0.3, -0.25) is 9.80 Å². The number of rotatable bonds is 5. The highest BCUT2D eigenvalue weighted by atomic mass is 32.2. The number of benzene rings is 2. The Balaban J connectivity index is 0.000000350. The molecular weight excluding hydrogens is 459 g/mol. The first-order valence-electron chi connectivity index (χ1n) is 11.0. The summed E-state index contributed by atoms with van der Waals surface area (Å²) in [7, 11) is 0. The topological polar surface area (TPSA) is 101 Å². The van der Waals surface area contributed by atoms with Gasteiger partial charge in [0.1, 0.15) is 5.82 Å². The number of aryl methyl sites for hydroxylation is 1. The Bertz CT molecular complexity index is 1040. The Kier molecular flexibility index (Phi) is 9.23. The van der Waals surface area contributed by atoms with Crippen LogP contribution in [-0.2, 0) is 16.0 Å². The van der Waals surface area contributed by atoms with Gasteiger partial charge in [0.05, 0.1) is 6.61 Å². The average Bonchev–Trinajstić information content (AvgIpc) is 2.95. The molecule has 2 aromatic rings. The minimum atomic E-state index is -1.26. The van der Waals surface area contributed by atoms with Crippen LogP contribution < -0.4 is 0 Å². The van der Waals surface area contributed by atoms with E-state index in [2.05, 4.69) is 34.9 Å². The Morgan fingerprint density at radius 2 is 1.71 bits per heavy atom. The fourth-order valence-corrected chi connectivity index (χ4v) is 5.30. The number of carboxylic acids is 2. The molecule has 7 nitrogen and oxygen atoms in total. The van der Waals surface area contributed by atoms with E-state index in [0.717, 1.165) is 44.0 Å². The zero-order valence-electron chi connectivity index (χ0n) is 19.0. The van der Waals surface area contributed by atoms with Gasteiger partial charge in [0.25, 0.3) is 0 Å². The molecule has 4 rings (SSSR count). The fraction of sp³-hybridized carbons (Fsp3) is 0.360. The summed E-state index contributed by atoms with van der Waals surface area (Å²) in [5.41, 5.74) is 3.86. The summed E-state index contributed by atoms with van der Waals surface area (Å²) in [6, 6.07) is 12.2. The van der Waals surface area contributed by atoms with Gasteiger partial charge in [-0.05, 0) is 42.7 Å². The van der Waals surface area contributed by atoms with Crippen molar-refractivity contribution in [1.29, 1.82) is 0 Å². The molecule has 0 saturated carbocycles. The second-order valence-corrected chi connectivity index (χ2v) is 9.31. The quantitative estimate of drug-likeness (QED) is 0.552. The van der Waals surface area contributed by atoms with Gasteiger partial charge in [-0.15, -0.1) is 0 Å². The Hall–Kier alpha value is -2.72. The highest BCUT2D eigenvalue weighted by Gasteiger charge is 2.30. The van der Waals surface area contributed by atoms with Gasteiger partial charge in [0.15, 0.2) is 0 Å². The smallest absolute Gasteiger partial charge is 0.328 e. The van der Waals surface area contributed by atoms with Crippen LogP contribution in [0.25, 0.3) is 0 Å². The number of carboxylic acid groups (broad SMARTS) is 2. The predicted molar refractivity (Wildman–Crippen MR) is 128 cm³/mol. The molecule has 1 fully saturated rings. The third-order valence-corrected chi connectivity index (χ3v) is 7.01. The van der Waals surface area contributed by atoms with Crippen LogP contribution in [-0.4, -0.2) is 76.4 Å². The summed E-state index contributed by atoms with van der Waals surface area (Å²) in [6.45, 7) is 7.09. The van der Waals surface area contributed by atoms with E-state index in [-0.39, 0.29) is 12.4 Å². The SMILES string of the molecule is Cc1ccc2c(c1)C(N1CCN(CCO)CC1)Cc1ccc(F)cc1S2.O=C(O)C=CC(=O)O. The summed E-state index contributed by atoms with van der Waals surface area (Å²) in [5.74, 6) is -2.68. The zero-order valence-corrected chi connectivity index (χ0v) is 19.8. The van der Waals surface area contributed by atoms with Crippen molar-refractivity contribution in [1.82, 2.24) is 9.80 Å². The van der Waals surface area contributed by atoms with Crippen molar-refractivity contribution in [3.05, 3.63) is 71.1 Å². The molecule has 1 unspecified atom stereocenters. The van der Waals surface area contributed by atoms with E-state index in [1.54, 1.807) is 23.9 Å². The molecule has 3 N–H and O–H groups in total. The van der Waals surface area contributed by atoms with Crippen LogP contribution in [0.2, 0.25) is 0 Å². The van der Waals surface area contributed by atoms with Gasteiger partial charge < -0.3 is 15.3 Å². The number of fused-ring (bicyclic) bond motifs is 2. The minimum Gasteiger partial charge on any atom is -0.478 e. The second-order valence-electron chi connectivity index (χ2n) is 8.23. The van der Waals surface area contributed by atoms with Gasteiger partial charge in [0, 0.05) is 60.7 Å². The predicted octanol–water partition coefficient (Wildman–Crippen LogP) is 3.20. The van der Waals surface area contributed by atoms with E-state index in [4.69, 9.17) is 10.2 Å². The van der Waals surface area contributed by atoms with Gasteiger partial charge in [-0.1, -0.05) is 35.5 Å². The molecule has 34 heavy (non-hydrogen) atoms. The van der Waals surface area contributed by atoms with Crippen molar-refractivity contribution >= 4 is 23.7 Å². The van der Waals surface area contributed by atoms with Crippen molar-refractivity contribution in [2.45, 2.75) is 29.2 Å². The number of β-amino-alcohol motifs (C(OH)–C–C–N with tert-alkyl or cyclic N) is 1. The monoisotopic (exact) mass is 488 g/mol. The van der Waals surface area contributed by atoms with Crippen LogP contribution in [0, 0.1) is 12.7 Å². The van der Waals surface area contributed by atoms with Gasteiger partial charge in [-0.2, -0.15) is 0 Å². The highest BCUT2D eigenvalue weighted by molar-refractivity contribution is 7.99. The average molecular weight is 489 g/mol. The molecule has 2 heterocycles. The van der Waals surface area contributed by atoms with Crippen LogP contribution in [0.5, 0.6) is 0 Å². The lowest BCUT2D eigenvalue weighted by Gasteiger charge is -2.39. The highest BCUT2D eigenvalue weighted by Crippen LogP contribution is 2.43. The first-order chi connectivity index (χ1) is 16.3. The molecule has 1 saturated heterocycles. The number of hydrogen-bond acceptors (Lipinski definition) is 6. The summed E-state index contributed by atoms with van der Waals surface area (Å²) < 4.78 is 13.8. The zero-order chi connectivity index (χ0) is 24.7.